The first-order valence-corrected chi connectivity index (χ1v) is 6.94. The minimum Gasteiger partial charge on any atom is -0.312 e. The molecule has 100 valence electrons. The van der Waals surface area contributed by atoms with E-state index < -0.39 is 0 Å². The van der Waals surface area contributed by atoms with Crippen LogP contribution in [-0.4, -0.2) is 16.5 Å². The van der Waals surface area contributed by atoms with Crippen molar-refractivity contribution in [3.05, 3.63) is 47.5 Å². The summed E-state index contributed by atoms with van der Waals surface area (Å²) in [6.07, 6.45) is 4.90. The third-order valence-corrected chi connectivity index (χ3v) is 3.16. The number of fused-ring (bicyclic) bond motifs is 1. The molecule has 0 fully saturated rings. The first kappa shape index (κ1) is 13.7. The van der Waals surface area contributed by atoms with Crippen LogP contribution in [0, 0.1) is 6.92 Å². The van der Waals surface area contributed by atoms with Crippen molar-refractivity contribution in [2.45, 2.75) is 33.7 Å². The Labute approximate surface area is 115 Å². The summed E-state index contributed by atoms with van der Waals surface area (Å²) in [6, 6.07) is 6.36. The Bertz CT molecular complexity index is 532. The SMILES string of the molecule is CC.Cc1ccc(-c2cnc3c(c2)CNCC3)cn1. The minimum absolute atomic E-state index is 0.926. The summed E-state index contributed by atoms with van der Waals surface area (Å²) < 4.78 is 0. The zero-order valence-electron chi connectivity index (χ0n) is 11.9. The molecule has 0 aromatic carbocycles. The van der Waals surface area contributed by atoms with Crippen LogP contribution in [0.2, 0.25) is 0 Å². The molecule has 0 radical (unpaired) electrons. The van der Waals surface area contributed by atoms with Gasteiger partial charge < -0.3 is 5.32 Å². The fourth-order valence-corrected chi connectivity index (χ4v) is 2.14. The Balaban J connectivity index is 0.000000637. The quantitative estimate of drug-likeness (QED) is 0.850. The second-order valence-electron chi connectivity index (χ2n) is 4.44. The van der Waals surface area contributed by atoms with Gasteiger partial charge in [0.15, 0.2) is 0 Å². The zero-order valence-corrected chi connectivity index (χ0v) is 11.9. The minimum atomic E-state index is 0.926. The molecular formula is C16H21N3. The van der Waals surface area contributed by atoms with Crippen LogP contribution in [0.1, 0.15) is 30.8 Å². The van der Waals surface area contributed by atoms with Crippen molar-refractivity contribution in [2.24, 2.45) is 0 Å². The van der Waals surface area contributed by atoms with Crippen LogP contribution in [-0.2, 0) is 13.0 Å². The van der Waals surface area contributed by atoms with E-state index in [1.54, 1.807) is 0 Å². The third-order valence-electron chi connectivity index (χ3n) is 3.16. The van der Waals surface area contributed by atoms with Gasteiger partial charge in [-0.2, -0.15) is 0 Å². The van der Waals surface area contributed by atoms with Crippen LogP contribution in [0.4, 0.5) is 0 Å². The summed E-state index contributed by atoms with van der Waals surface area (Å²) in [5, 5.41) is 3.37. The van der Waals surface area contributed by atoms with Gasteiger partial charge in [0.2, 0.25) is 0 Å². The standard InChI is InChI=1S/C14H15N3.C2H6/c1-10-2-3-11(8-16-10)12-6-13-7-15-5-4-14(13)17-9-12;1-2/h2-3,6,8-9,15H,4-5,7H2,1H3;1-2H3. The summed E-state index contributed by atoms with van der Waals surface area (Å²) >= 11 is 0. The van der Waals surface area contributed by atoms with Gasteiger partial charge >= 0.3 is 0 Å². The number of pyridine rings is 2. The summed E-state index contributed by atoms with van der Waals surface area (Å²) in [5.74, 6) is 0. The van der Waals surface area contributed by atoms with Gasteiger partial charge in [-0.05, 0) is 24.6 Å². The first-order chi connectivity index (χ1) is 9.33. The van der Waals surface area contributed by atoms with Gasteiger partial charge in [-0.1, -0.05) is 19.9 Å². The van der Waals surface area contributed by atoms with Crippen molar-refractivity contribution in [2.75, 3.05) is 6.54 Å². The highest BCUT2D eigenvalue weighted by molar-refractivity contribution is 5.62. The van der Waals surface area contributed by atoms with Crippen LogP contribution < -0.4 is 5.32 Å². The monoisotopic (exact) mass is 255 g/mol. The van der Waals surface area contributed by atoms with Gasteiger partial charge in [0.1, 0.15) is 0 Å². The summed E-state index contributed by atoms with van der Waals surface area (Å²) in [6.45, 7) is 7.96. The molecule has 1 aliphatic heterocycles. The average Bonchev–Trinajstić information content (AvgIpc) is 2.49. The van der Waals surface area contributed by atoms with E-state index >= 15 is 0 Å². The van der Waals surface area contributed by atoms with Gasteiger partial charge in [-0.3, -0.25) is 9.97 Å². The summed E-state index contributed by atoms with van der Waals surface area (Å²) in [7, 11) is 0. The third kappa shape index (κ3) is 3.18. The Kier molecular flexibility index (Phi) is 4.63. The molecule has 2 aromatic heterocycles. The Hall–Kier alpha value is -1.74. The van der Waals surface area contributed by atoms with E-state index in [-0.39, 0.29) is 0 Å². The van der Waals surface area contributed by atoms with E-state index in [1.165, 1.54) is 11.3 Å². The second kappa shape index (κ2) is 6.43. The number of aryl methyl sites for hydroxylation is 1. The Morgan fingerprint density at radius 2 is 1.84 bits per heavy atom. The molecule has 3 heteroatoms. The topological polar surface area (TPSA) is 37.8 Å². The van der Waals surface area contributed by atoms with E-state index in [0.29, 0.717) is 0 Å². The maximum absolute atomic E-state index is 4.55. The van der Waals surface area contributed by atoms with E-state index in [0.717, 1.165) is 36.3 Å². The molecular weight excluding hydrogens is 234 g/mol. The largest absolute Gasteiger partial charge is 0.312 e. The summed E-state index contributed by atoms with van der Waals surface area (Å²) in [5.41, 5.74) is 5.87. The lowest BCUT2D eigenvalue weighted by Crippen LogP contribution is -2.24. The van der Waals surface area contributed by atoms with Crippen LogP contribution >= 0.6 is 0 Å². The Morgan fingerprint density at radius 1 is 1.05 bits per heavy atom. The predicted molar refractivity (Wildman–Crippen MR) is 79.0 cm³/mol. The van der Waals surface area contributed by atoms with Crippen molar-refractivity contribution in [1.29, 1.82) is 0 Å². The van der Waals surface area contributed by atoms with Crippen molar-refractivity contribution in [1.82, 2.24) is 15.3 Å². The van der Waals surface area contributed by atoms with Gasteiger partial charge in [0.25, 0.3) is 0 Å². The molecule has 0 bridgehead atoms. The van der Waals surface area contributed by atoms with Gasteiger partial charge in [-0.25, -0.2) is 0 Å². The molecule has 0 unspecified atom stereocenters. The lowest BCUT2D eigenvalue weighted by Gasteiger charge is -2.16. The highest BCUT2D eigenvalue weighted by atomic mass is 14.9. The maximum atomic E-state index is 4.55. The van der Waals surface area contributed by atoms with Gasteiger partial charge in [0, 0.05) is 54.4 Å². The highest BCUT2D eigenvalue weighted by Gasteiger charge is 2.10. The molecule has 3 rings (SSSR count). The van der Waals surface area contributed by atoms with Crippen LogP contribution in [0.5, 0.6) is 0 Å². The molecule has 2 aromatic rings. The van der Waals surface area contributed by atoms with Crippen molar-refractivity contribution in [3.63, 3.8) is 0 Å². The van der Waals surface area contributed by atoms with Crippen molar-refractivity contribution in [3.8, 4) is 11.1 Å². The number of aromatic nitrogens is 2. The smallest absolute Gasteiger partial charge is 0.0461 e. The molecule has 0 aliphatic carbocycles. The van der Waals surface area contributed by atoms with Gasteiger partial charge in [-0.15, -0.1) is 0 Å². The highest BCUT2D eigenvalue weighted by Crippen LogP contribution is 2.21. The molecule has 3 heterocycles. The zero-order chi connectivity index (χ0) is 13.7. The first-order valence-electron chi connectivity index (χ1n) is 6.94. The molecule has 0 amide bonds. The molecule has 0 atom stereocenters. The summed E-state index contributed by atoms with van der Waals surface area (Å²) in [4.78, 5) is 8.87. The van der Waals surface area contributed by atoms with Gasteiger partial charge in [0.05, 0.1) is 0 Å². The average molecular weight is 255 g/mol. The molecule has 0 spiro atoms. The predicted octanol–water partition coefficient (Wildman–Crippen LogP) is 3.12. The normalized spacial score (nSPS) is 13.2. The number of hydrogen-bond donors (Lipinski definition) is 1. The number of nitrogens with one attached hydrogen (secondary N) is 1. The van der Waals surface area contributed by atoms with Crippen molar-refractivity contribution < 1.29 is 0 Å². The van der Waals surface area contributed by atoms with E-state index in [9.17, 15) is 0 Å². The molecule has 1 aliphatic rings. The fraction of sp³-hybridized carbons (Fsp3) is 0.375. The number of nitrogens with zero attached hydrogens (tertiary/aromatic N) is 2. The van der Waals surface area contributed by atoms with E-state index in [2.05, 4.69) is 27.4 Å². The molecule has 0 saturated heterocycles. The molecule has 0 saturated carbocycles. The Morgan fingerprint density at radius 3 is 2.58 bits per heavy atom. The molecule has 3 nitrogen and oxygen atoms in total. The van der Waals surface area contributed by atoms with E-state index in [1.807, 2.05) is 39.2 Å². The molecule has 19 heavy (non-hydrogen) atoms. The lowest BCUT2D eigenvalue weighted by atomic mass is 10.0. The lowest BCUT2D eigenvalue weighted by molar-refractivity contribution is 0.630. The number of rotatable bonds is 1. The van der Waals surface area contributed by atoms with Crippen LogP contribution in [0.25, 0.3) is 11.1 Å². The van der Waals surface area contributed by atoms with Crippen LogP contribution in [0.15, 0.2) is 30.6 Å². The van der Waals surface area contributed by atoms with E-state index in [4.69, 9.17) is 0 Å². The van der Waals surface area contributed by atoms with Crippen LogP contribution in [0.3, 0.4) is 0 Å². The second-order valence-corrected chi connectivity index (χ2v) is 4.44. The fourth-order valence-electron chi connectivity index (χ4n) is 2.14. The van der Waals surface area contributed by atoms with Crippen molar-refractivity contribution >= 4 is 0 Å². The number of hydrogen-bond acceptors (Lipinski definition) is 3. The maximum Gasteiger partial charge on any atom is 0.0461 e. The molecule has 1 N–H and O–H groups in total.